The van der Waals surface area contributed by atoms with E-state index in [1.54, 1.807) is 17.8 Å². The molecule has 0 radical (unpaired) electrons. The molecule has 0 amide bonds. The van der Waals surface area contributed by atoms with E-state index in [1.807, 2.05) is 18.2 Å². The Balaban J connectivity index is 2.57. The first-order chi connectivity index (χ1) is 6.83. The van der Waals surface area contributed by atoms with Gasteiger partial charge in [-0.1, -0.05) is 23.7 Å². The molecule has 0 atom stereocenters. The average molecular weight is 222 g/mol. The lowest BCUT2D eigenvalue weighted by atomic mass is 10.0. The van der Waals surface area contributed by atoms with E-state index < -0.39 is 0 Å². The Morgan fingerprint density at radius 3 is 3.14 bits per heavy atom. The molecule has 70 valence electrons. The third-order valence-electron chi connectivity index (χ3n) is 2.17. The topological polar surface area (TPSA) is 23.8 Å². The summed E-state index contributed by atoms with van der Waals surface area (Å²) in [5.74, 6) is 1.00. The Morgan fingerprint density at radius 2 is 2.36 bits per heavy atom. The van der Waals surface area contributed by atoms with Gasteiger partial charge in [0.05, 0.1) is 11.1 Å². The van der Waals surface area contributed by atoms with Gasteiger partial charge in [-0.2, -0.15) is 5.26 Å². The lowest BCUT2D eigenvalue weighted by Crippen LogP contribution is -1.97. The summed E-state index contributed by atoms with van der Waals surface area (Å²) < 4.78 is 0. The van der Waals surface area contributed by atoms with Crippen molar-refractivity contribution in [2.24, 2.45) is 0 Å². The van der Waals surface area contributed by atoms with Crippen LogP contribution in [0.15, 0.2) is 29.2 Å². The maximum Gasteiger partial charge on any atom is 0.0915 e. The van der Waals surface area contributed by atoms with Crippen molar-refractivity contribution < 1.29 is 0 Å². The van der Waals surface area contributed by atoms with Crippen LogP contribution in [-0.2, 0) is 0 Å². The third-order valence-corrected chi connectivity index (χ3v) is 3.73. The molecule has 0 aliphatic carbocycles. The minimum atomic E-state index is 0.788. The molecule has 0 saturated heterocycles. The monoisotopic (exact) mass is 221 g/mol. The van der Waals surface area contributed by atoms with Crippen molar-refractivity contribution in [3.8, 4) is 6.07 Å². The van der Waals surface area contributed by atoms with E-state index in [2.05, 4.69) is 6.07 Å². The predicted molar refractivity (Wildman–Crippen MR) is 60.4 cm³/mol. The molecule has 0 spiro atoms. The highest BCUT2D eigenvalue weighted by Gasteiger charge is 2.16. The number of nitriles is 1. The van der Waals surface area contributed by atoms with Crippen LogP contribution < -0.4 is 0 Å². The van der Waals surface area contributed by atoms with Crippen LogP contribution in [0.25, 0.3) is 5.57 Å². The van der Waals surface area contributed by atoms with Crippen LogP contribution in [0.2, 0.25) is 5.02 Å². The second kappa shape index (κ2) is 4.08. The number of thioether (sulfide) groups is 1. The molecule has 1 aliphatic rings. The molecular formula is C11H8ClNS. The summed E-state index contributed by atoms with van der Waals surface area (Å²) >= 11 is 7.84. The Morgan fingerprint density at radius 1 is 1.50 bits per heavy atom. The van der Waals surface area contributed by atoms with Gasteiger partial charge in [-0.25, -0.2) is 0 Å². The maximum absolute atomic E-state index is 8.65. The van der Waals surface area contributed by atoms with Gasteiger partial charge in [-0.05, 0) is 23.6 Å². The van der Waals surface area contributed by atoms with Crippen LogP contribution in [-0.4, -0.2) is 5.75 Å². The van der Waals surface area contributed by atoms with Gasteiger partial charge in [0, 0.05) is 16.7 Å². The standard InChI is InChI=1S/C11H8ClNS/c12-10-3-1-2-9-8(4-6-13)5-7-14-11(9)10/h1-4H,5,7H2/b8-4+. The lowest BCUT2D eigenvalue weighted by Gasteiger charge is -2.18. The molecule has 0 saturated carbocycles. The molecule has 1 aromatic carbocycles. The normalized spacial score (nSPS) is 17.6. The minimum Gasteiger partial charge on any atom is -0.193 e. The zero-order valence-corrected chi connectivity index (χ0v) is 9.03. The second-order valence-electron chi connectivity index (χ2n) is 3.01. The van der Waals surface area contributed by atoms with Crippen LogP contribution in [0.4, 0.5) is 0 Å². The number of hydrogen-bond donors (Lipinski definition) is 0. The molecule has 1 nitrogen and oxygen atoms in total. The van der Waals surface area contributed by atoms with Crippen molar-refractivity contribution in [3.05, 3.63) is 34.9 Å². The Bertz CT molecular complexity index is 431. The molecule has 0 unspecified atom stereocenters. The van der Waals surface area contributed by atoms with Crippen molar-refractivity contribution in [2.75, 3.05) is 5.75 Å². The summed E-state index contributed by atoms with van der Waals surface area (Å²) in [4.78, 5) is 1.11. The first kappa shape index (κ1) is 9.64. The van der Waals surface area contributed by atoms with Crippen molar-refractivity contribution in [1.82, 2.24) is 0 Å². The third kappa shape index (κ3) is 1.66. The summed E-state index contributed by atoms with van der Waals surface area (Å²) in [6, 6.07) is 7.93. The molecule has 14 heavy (non-hydrogen) atoms. The van der Waals surface area contributed by atoms with Crippen molar-refractivity contribution in [3.63, 3.8) is 0 Å². The summed E-state index contributed by atoms with van der Waals surface area (Å²) in [6.45, 7) is 0. The van der Waals surface area contributed by atoms with Crippen molar-refractivity contribution in [1.29, 1.82) is 5.26 Å². The van der Waals surface area contributed by atoms with Crippen LogP contribution in [0, 0.1) is 11.3 Å². The molecule has 0 aromatic heterocycles. The largest absolute Gasteiger partial charge is 0.193 e. The number of nitrogens with zero attached hydrogens (tertiary/aromatic N) is 1. The van der Waals surface area contributed by atoms with Gasteiger partial charge in [-0.3, -0.25) is 0 Å². The summed E-state index contributed by atoms with van der Waals surface area (Å²) in [6.07, 6.45) is 2.57. The van der Waals surface area contributed by atoms with E-state index in [1.165, 1.54) is 0 Å². The molecule has 1 heterocycles. The highest BCUT2D eigenvalue weighted by molar-refractivity contribution is 7.99. The van der Waals surface area contributed by atoms with Gasteiger partial charge in [-0.15, -0.1) is 11.8 Å². The van der Waals surface area contributed by atoms with Crippen LogP contribution in [0.3, 0.4) is 0 Å². The molecule has 1 aromatic rings. The van der Waals surface area contributed by atoms with E-state index in [-0.39, 0.29) is 0 Å². The van der Waals surface area contributed by atoms with Gasteiger partial charge in [0.1, 0.15) is 0 Å². The van der Waals surface area contributed by atoms with Crippen molar-refractivity contribution >= 4 is 28.9 Å². The second-order valence-corrected chi connectivity index (χ2v) is 4.53. The van der Waals surface area contributed by atoms with Crippen LogP contribution in [0.1, 0.15) is 12.0 Å². The van der Waals surface area contributed by atoms with E-state index in [4.69, 9.17) is 16.9 Å². The van der Waals surface area contributed by atoms with Gasteiger partial charge in [0.15, 0.2) is 0 Å². The first-order valence-electron chi connectivity index (χ1n) is 4.33. The number of allylic oxidation sites excluding steroid dienone is 2. The number of fused-ring (bicyclic) bond motifs is 1. The average Bonchev–Trinajstić information content (AvgIpc) is 2.20. The van der Waals surface area contributed by atoms with E-state index in [9.17, 15) is 0 Å². The maximum atomic E-state index is 8.65. The first-order valence-corrected chi connectivity index (χ1v) is 5.69. The fraction of sp³-hybridized carbons (Fsp3) is 0.182. The van der Waals surface area contributed by atoms with E-state index in [0.29, 0.717) is 0 Å². The quantitative estimate of drug-likeness (QED) is 0.623. The smallest absolute Gasteiger partial charge is 0.0915 e. The number of halogens is 1. The predicted octanol–water partition coefficient (Wildman–Crippen LogP) is 3.74. The van der Waals surface area contributed by atoms with Crippen LogP contribution in [0.5, 0.6) is 0 Å². The molecule has 0 N–H and O–H groups in total. The fourth-order valence-electron chi connectivity index (χ4n) is 1.53. The van der Waals surface area contributed by atoms with Gasteiger partial charge < -0.3 is 0 Å². The molecule has 0 bridgehead atoms. The molecule has 3 heteroatoms. The number of rotatable bonds is 0. The number of benzene rings is 1. The number of hydrogen-bond acceptors (Lipinski definition) is 2. The summed E-state index contributed by atoms with van der Waals surface area (Å²) in [5, 5.41) is 9.44. The van der Waals surface area contributed by atoms with E-state index in [0.717, 1.165) is 33.2 Å². The Kier molecular flexibility index (Phi) is 2.81. The fourth-order valence-corrected chi connectivity index (χ4v) is 2.96. The highest BCUT2D eigenvalue weighted by Crippen LogP contribution is 2.40. The lowest BCUT2D eigenvalue weighted by molar-refractivity contribution is 1.19. The summed E-state index contributed by atoms with van der Waals surface area (Å²) in [5.41, 5.74) is 2.22. The molecule has 1 aliphatic heterocycles. The zero-order valence-electron chi connectivity index (χ0n) is 7.46. The van der Waals surface area contributed by atoms with Gasteiger partial charge in [0.25, 0.3) is 0 Å². The molecule has 2 rings (SSSR count). The zero-order chi connectivity index (χ0) is 9.97. The van der Waals surface area contributed by atoms with Crippen LogP contribution >= 0.6 is 23.4 Å². The SMILES string of the molecule is N#C/C=C1\CCSc2c(Cl)cccc21. The molecule has 0 fully saturated rings. The highest BCUT2D eigenvalue weighted by atomic mass is 35.5. The van der Waals surface area contributed by atoms with Crippen molar-refractivity contribution in [2.45, 2.75) is 11.3 Å². The van der Waals surface area contributed by atoms with Gasteiger partial charge in [0.2, 0.25) is 0 Å². The van der Waals surface area contributed by atoms with E-state index >= 15 is 0 Å². The Hall–Kier alpha value is -0.910. The van der Waals surface area contributed by atoms with Gasteiger partial charge >= 0.3 is 0 Å². The Labute approximate surface area is 92.4 Å². The minimum absolute atomic E-state index is 0.788. The summed E-state index contributed by atoms with van der Waals surface area (Å²) in [7, 11) is 0. The molecular weight excluding hydrogens is 214 g/mol.